The van der Waals surface area contributed by atoms with E-state index in [9.17, 15) is 14.4 Å². The fourth-order valence-electron chi connectivity index (χ4n) is 10.9. The second-order valence-corrected chi connectivity index (χ2v) is 24.5. The molecule has 80 heavy (non-hydrogen) atoms. The van der Waals surface area contributed by atoms with Crippen molar-refractivity contribution in [3.05, 3.63) is 36.5 Å². The maximum atomic E-state index is 12.9. The Bertz CT molecular complexity index is 1340. The summed E-state index contributed by atoms with van der Waals surface area (Å²) in [6.07, 6.45) is 86.1. The lowest BCUT2D eigenvalue weighted by molar-refractivity contribution is -0.167. The second-order valence-electron chi connectivity index (χ2n) is 24.5. The van der Waals surface area contributed by atoms with E-state index in [0.29, 0.717) is 19.3 Å². The monoisotopic (exact) mass is 1120 g/mol. The third kappa shape index (κ3) is 66.4. The SMILES string of the molecule is CCCCCC/C=C\CCCCCCCC(=O)OCC(COC(=O)CCCCCCCCCCCCCCCCCCCCCCCCCCCCCC)OC(=O)CCCCCCCCCCC/C=C\C/C=C\CCCCCCC. The van der Waals surface area contributed by atoms with Crippen molar-refractivity contribution in [3.63, 3.8) is 0 Å². The van der Waals surface area contributed by atoms with Crippen LogP contribution in [0, 0.1) is 0 Å². The molecular weight excluding hydrogens is 985 g/mol. The van der Waals surface area contributed by atoms with Crippen molar-refractivity contribution < 1.29 is 28.6 Å². The lowest BCUT2D eigenvalue weighted by Crippen LogP contribution is -2.30. The van der Waals surface area contributed by atoms with Gasteiger partial charge in [0.1, 0.15) is 13.2 Å². The summed E-state index contributed by atoms with van der Waals surface area (Å²) in [5, 5.41) is 0. The number of esters is 3. The molecular formula is C74H138O6. The van der Waals surface area contributed by atoms with Crippen molar-refractivity contribution >= 4 is 17.9 Å². The highest BCUT2D eigenvalue weighted by Crippen LogP contribution is 2.19. The molecule has 0 aromatic heterocycles. The van der Waals surface area contributed by atoms with Gasteiger partial charge in [0.2, 0.25) is 0 Å². The Morgan fingerprint density at radius 1 is 0.250 bits per heavy atom. The second kappa shape index (κ2) is 69.1. The summed E-state index contributed by atoms with van der Waals surface area (Å²) in [7, 11) is 0. The van der Waals surface area contributed by atoms with E-state index in [0.717, 1.165) is 70.6 Å². The molecule has 0 N–H and O–H groups in total. The largest absolute Gasteiger partial charge is 0.462 e. The zero-order valence-electron chi connectivity index (χ0n) is 54.1. The molecule has 0 aliphatic heterocycles. The molecule has 0 saturated carbocycles. The Hall–Kier alpha value is -2.37. The van der Waals surface area contributed by atoms with Gasteiger partial charge >= 0.3 is 17.9 Å². The molecule has 0 bridgehead atoms. The zero-order valence-corrected chi connectivity index (χ0v) is 54.1. The fraction of sp³-hybridized carbons (Fsp3) is 0.878. The van der Waals surface area contributed by atoms with Gasteiger partial charge in [0.05, 0.1) is 0 Å². The van der Waals surface area contributed by atoms with E-state index in [1.807, 2.05) is 0 Å². The molecule has 0 rings (SSSR count). The molecule has 0 amide bonds. The van der Waals surface area contributed by atoms with Gasteiger partial charge in [-0.3, -0.25) is 14.4 Å². The van der Waals surface area contributed by atoms with E-state index in [4.69, 9.17) is 14.2 Å². The third-order valence-corrected chi connectivity index (χ3v) is 16.4. The lowest BCUT2D eigenvalue weighted by atomic mass is 10.0. The van der Waals surface area contributed by atoms with E-state index in [2.05, 4.69) is 57.2 Å². The van der Waals surface area contributed by atoms with Crippen LogP contribution >= 0.6 is 0 Å². The maximum Gasteiger partial charge on any atom is 0.306 e. The minimum Gasteiger partial charge on any atom is -0.462 e. The van der Waals surface area contributed by atoms with Crippen LogP contribution in [0.5, 0.6) is 0 Å². The summed E-state index contributed by atoms with van der Waals surface area (Å²) in [6.45, 7) is 6.68. The summed E-state index contributed by atoms with van der Waals surface area (Å²) < 4.78 is 17.0. The minimum atomic E-state index is -0.777. The van der Waals surface area contributed by atoms with E-state index < -0.39 is 6.10 Å². The highest BCUT2D eigenvalue weighted by molar-refractivity contribution is 5.71. The Kier molecular flexibility index (Phi) is 67.1. The first-order chi connectivity index (χ1) is 39.5. The number of hydrogen-bond donors (Lipinski definition) is 0. The van der Waals surface area contributed by atoms with Gasteiger partial charge in [0.15, 0.2) is 6.10 Å². The molecule has 6 nitrogen and oxygen atoms in total. The number of unbranched alkanes of at least 4 members (excludes halogenated alkanes) is 50. The molecule has 0 aromatic carbocycles. The zero-order chi connectivity index (χ0) is 57.8. The maximum absolute atomic E-state index is 12.9. The number of carbonyl (C=O) groups is 3. The van der Waals surface area contributed by atoms with Crippen molar-refractivity contribution in [2.75, 3.05) is 13.2 Å². The predicted octanol–water partition coefficient (Wildman–Crippen LogP) is 24.7. The van der Waals surface area contributed by atoms with Crippen molar-refractivity contribution in [1.82, 2.24) is 0 Å². The van der Waals surface area contributed by atoms with Crippen LogP contribution in [0.4, 0.5) is 0 Å². The van der Waals surface area contributed by atoms with Crippen molar-refractivity contribution in [2.24, 2.45) is 0 Å². The molecule has 0 fully saturated rings. The highest BCUT2D eigenvalue weighted by Gasteiger charge is 2.19. The number of ether oxygens (including phenoxy) is 3. The first kappa shape index (κ1) is 77.6. The standard InChI is InChI=1S/C74H138O6/c1-4-7-10-13-16-19-22-25-27-29-31-33-34-35-36-37-38-39-41-42-44-46-49-52-55-58-61-64-67-73(76)79-70-71(69-78-72(75)66-63-60-57-54-51-48-24-21-18-15-12-9-6-3)80-74(77)68-65-62-59-56-53-50-47-45-43-40-32-30-28-26-23-20-17-14-11-8-5-2/h21,23-24,26,30,32,71H,4-20,22,25,27-29,31,33-70H2,1-3H3/b24-21-,26-23-,32-30-. The molecule has 0 saturated heterocycles. The Balaban J connectivity index is 4.20. The van der Waals surface area contributed by atoms with Crippen LogP contribution in [0.1, 0.15) is 400 Å². The van der Waals surface area contributed by atoms with Crippen molar-refractivity contribution in [2.45, 2.75) is 406 Å². The van der Waals surface area contributed by atoms with Crippen molar-refractivity contribution in [1.29, 1.82) is 0 Å². The fourth-order valence-corrected chi connectivity index (χ4v) is 10.9. The van der Waals surface area contributed by atoms with E-state index in [-0.39, 0.29) is 31.1 Å². The van der Waals surface area contributed by atoms with Gasteiger partial charge in [-0.2, -0.15) is 0 Å². The molecule has 6 heteroatoms. The van der Waals surface area contributed by atoms with Gasteiger partial charge in [0.25, 0.3) is 0 Å². The molecule has 470 valence electrons. The van der Waals surface area contributed by atoms with Crippen LogP contribution in [-0.4, -0.2) is 37.2 Å². The van der Waals surface area contributed by atoms with E-state index in [1.165, 1.54) is 289 Å². The van der Waals surface area contributed by atoms with Gasteiger partial charge in [-0.15, -0.1) is 0 Å². The number of hydrogen-bond acceptors (Lipinski definition) is 6. The molecule has 1 unspecified atom stereocenters. The van der Waals surface area contributed by atoms with Gasteiger partial charge in [-0.25, -0.2) is 0 Å². The topological polar surface area (TPSA) is 78.9 Å². The molecule has 0 heterocycles. The quantitative estimate of drug-likeness (QED) is 0.0261. The van der Waals surface area contributed by atoms with Crippen molar-refractivity contribution in [3.8, 4) is 0 Å². The number of allylic oxidation sites excluding steroid dienone is 6. The van der Waals surface area contributed by atoms with Crippen LogP contribution < -0.4 is 0 Å². The first-order valence-corrected chi connectivity index (χ1v) is 36.0. The summed E-state index contributed by atoms with van der Waals surface area (Å²) in [5.74, 6) is -0.858. The third-order valence-electron chi connectivity index (χ3n) is 16.4. The molecule has 0 aromatic rings. The molecule has 0 aliphatic carbocycles. The van der Waals surface area contributed by atoms with Crippen LogP contribution in [0.25, 0.3) is 0 Å². The van der Waals surface area contributed by atoms with Crippen LogP contribution in [0.15, 0.2) is 36.5 Å². The predicted molar refractivity (Wildman–Crippen MR) is 349 cm³/mol. The van der Waals surface area contributed by atoms with Crippen LogP contribution in [-0.2, 0) is 28.6 Å². The summed E-state index contributed by atoms with van der Waals surface area (Å²) >= 11 is 0. The lowest BCUT2D eigenvalue weighted by Gasteiger charge is -2.18. The summed E-state index contributed by atoms with van der Waals surface area (Å²) in [6, 6.07) is 0. The smallest absolute Gasteiger partial charge is 0.306 e. The van der Waals surface area contributed by atoms with E-state index in [1.54, 1.807) is 0 Å². The van der Waals surface area contributed by atoms with Gasteiger partial charge in [-0.05, 0) is 77.0 Å². The number of carbonyl (C=O) groups excluding carboxylic acids is 3. The van der Waals surface area contributed by atoms with E-state index >= 15 is 0 Å². The Morgan fingerprint density at radius 3 is 0.713 bits per heavy atom. The average Bonchev–Trinajstić information content (AvgIpc) is 3.46. The van der Waals surface area contributed by atoms with Gasteiger partial charge < -0.3 is 14.2 Å². The van der Waals surface area contributed by atoms with Gasteiger partial charge in [0, 0.05) is 19.3 Å². The minimum absolute atomic E-state index is 0.0719. The molecule has 0 spiro atoms. The highest BCUT2D eigenvalue weighted by atomic mass is 16.6. The summed E-state index contributed by atoms with van der Waals surface area (Å²) in [4.78, 5) is 38.4. The Morgan fingerprint density at radius 2 is 0.450 bits per heavy atom. The van der Waals surface area contributed by atoms with Gasteiger partial charge in [-0.1, -0.05) is 340 Å². The molecule has 1 atom stereocenters. The van der Waals surface area contributed by atoms with Crippen LogP contribution in [0.3, 0.4) is 0 Å². The Labute approximate surface area is 499 Å². The first-order valence-electron chi connectivity index (χ1n) is 36.0. The average molecular weight is 1120 g/mol. The van der Waals surface area contributed by atoms with Crippen LogP contribution in [0.2, 0.25) is 0 Å². The molecule has 0 radical (unpaired) electrons. The summed E-state index contributed by atoms with van der Waals surface area (Å²) in [5.41, 5.74) is 0. The molecule has 0 aliphatic rings. The normalized spacial score (nSPS) is 12.2. The number of rotatable bonds is 67.